The van der Waals surface area contributed by atoms with Gasteiger partial charge in [-0.3, -0.25) is 4.40 Å². The minimum absolute atomic E-state index is 0.217. The average molecular weight is 380 g/mol. The van der Waals surface area contributed by atoms with Gasteiger partial charge >= 0.3 is 0 Å². The molecule has 1 fully saturated rings. The number of hydrogen-bond donors (Lipinski definition) is 1. The third kappa shape index (κ3) is 4.12. The van der Waals surface area contributed by atoms with Gasteiger partial charge in [0.15, 0.2) is 11.5 Å². The number of ether oxygens (including phenoxy) is 1. The smallest absolute Gasteiger partial charge is 0.232 e. The number of anilines is 1. The second-order valence-corrected chi connectivity index (χ2v) is 7.92. The molecule has 1 aliphatic rings. The molecule has 4 rings (SSSR count). The lowest BCUT2D eigenvalue weighted by Gasteiger charge is -2.29. The Hall–Kier alpha value is -2.60. The van der Waals surface area contributed by atoms with Crippen LogP contribution in [0.15, 0.2) is 42.7 Å². The Kier molecular flexibility index (Phi) is 5.48. The minimum atomic E-state index is 0.217. The number of likely N-dealkylation sites (tertiary alicyclic amines) is 1. The van der Waals surface area contributed by atoms with E-state index < -0.39 is 0 Å². The lowest BCUT2D eigenvalue weighted by Crippen LogP contribution is -2.35. The third-order valence-corrected chi connectivity index (χ3v) is 5.35. The number of benzene rings is 1. The molecule has 148 valence electrons. The van der Waals surface area contributed by atoms with Crippen molar-refractivity contribution in [3.63, 3.8) is 0 Å². The molecule has 0 radical (unpaired) electrons. The van der Waals surface area contributed by atoms with Gasteiger partial charge in [0.05, 0.1) is 6.20 Å². The molecule has 0 atom stereocenters. The van der Waals surface area contributed by atoms with Gasteiger partial charge in [-0.2, -0.15) is 4.98 Å². The predicted octanol–water partition coefficient (Wildman–Crippen LogP) is 3.94. The first kappa shape index (κ1) is 18.7. The van der Waals surface area contributed by atoms with E-state index in [2.05, 4.69) is 52.6 Å². The van der Waals surface area contributed by atoms with Gasteiger partial charge in [-0.25, -0.2) is 4.98 Å². The van der Waals surface area contributed by atoms with Crippen molar-refractivity contribution in [1.82, 2.24) is 19.3 Å². The molecule has 3 heterocycles. The lowest BCUT2D eigenvalue weighted by atomic mass is 10.1. The topological polar surface area (TPSA) is 54.7 Å². The molecular formula is C22H29N5O. The van der Waals surface area contributed by atoms with Crippen molar-refractivity contribution >= 4 is 11.5 Å². The molecule has 1 saturated heterocycles. The molecule has 0 saturated carbocycles. The van der Waals surface area contributed by atoms with Crippen molar-refractivity contribution < 1.29 is 4.74 Å². The highest BCUT2D eigenvalue weighted by atomic mass is 16.5. The number of imidazole rings is 1. The Labute approximate surface area is 166 Å². The van der Waals surface area contributed by atoms with Crippen LogP contribution >= 0.6 is 0 Å². The van der Waals surface area contributed by atoms with Gasteiger partial charge in [0.25, 0.3) is 0 Å². The summed E-state index contributed by atoms with van der Waals surface area (Å²) in [5.74, 6) is 1.80. The summed E-state index contributed by atoms with van der Waals surface area (Å²) in [6.45, 7) is 7.19. The molecule has 28 heavy (non-hydrogen) atoms. The predicted molar refractivity (Wildman–Crippen MR) is 112 cm³/mol. The van der Waals surface area contributed by atoms with Crippen LogP contribution in [0, 0.1) is 0 Å². The van der Waals surface area contributed by atoms with E-state index in [1.54, 1.807) is 0 Å². The van der Waals surface area contributed by atoms with Crippen LogP contribution in [0.3, 0.4) is 0 Å². The molecule has 1 N–H and O–H groups in total. The Morgan fingerprint density at radius 1 is 1.18 bits per heavy atom. The van der Waals surface area contributed by atoms with Crippen molar-refractivity contribution in [3.05, 3.63) is 54.0 Å². The molecule has 6 heteroatoms. The molecule has 0 amide bonds. The van der Waals surface area contributed by atoms with Crippen LogP contribution in [-0.4, -0.2) is 45.5 Å². The largest absolute Gasteiger partial charge is 0.473 e. The maximum absolute atomic E-state index is 6.28. The zero-order valence-corrected chi connectivity index (χ0v) is 16.9. The Balaban J connectivity index is 1.62. The monoisotopic (exact) mass is 379 g/mol. The standard InChI is InChI=1S/C22H29N5O/c1-16(2)19-14-24-22-21(23-13-17-7-5-4-6-8-17)25-20(15-27(19)22)28-18-9-11-26(3)12-10-18/h4-8,14-16,18H,9-13H2,1-3H3,(H,23,25). The van der Waals surface area contributed by atoms with Crippen molar-refractivity contribution in [2.75, 3.05) is 25.5 Å². The van der Waals surface area contributed by atoms with Gasteiger partial charge in [-0.05, 0) is 31.4 Å². The second-order valence-electron chi connectivity index (χ2n) is 7.92. The molecule has 6 nitrogen and oxygen atoms in total. The number of hydrogen-bond acceptors (Lipinski definition) is 5. The van der Waals surface area contributed by atoms with Crippen LogP contribution in [0.25, 0.3) is 5.65 Å². The van der Waals surface area contributed by atoms with Gasteiger partial charge in [0.1, 0.15) is 6.10 Å². The number of nitrogens with one attached hydrogen (secondary N) is 1. The summed E-state index contributed by atoms with van der Waals surface area (Å²) >= 11 is 0. The summed E-state index contributed by atoms with van der Waals surface area (Å²) in [6.07, 6.45) is 6.21. The highest BCUT2D eigenvalue weighted by molar-refractivity contribution is 5.64. The van der Waals surface area contributed by atoms with Crippen molar-refractivity contribution in [1.29, 1.82) is 0 Å². The number of rotatable bonds is 6. The van der Waals surface area contributed by atoms with Crippen LogP contribution in [0.5, 0.6) is 5.88 Å². The summed E-state index contributed by atoms with van der Waals surface area (Å²) in [4.78, 5) is 11.7. The maximum Gasteiger partial charge on any atom is 0.232 e. The molecule has 1 aromatic carbocycles. The van der Waals surface area contributed by atoms with Gasteiger partial charge in [0, 0.05) is 31.5 Å². The molecule has 0 bridgehead atoms. The number of aromatic nitrogens is 3. The van der Waals surface area contributed by atoms with Gasteiger partial charge in [-0.1, -0.05) is 44.2 Å². The SMILES string of the molecule is CC(C)c1cnc2c(NCc3ccccc3)nc(OC3CCN(C)CC3)cn12. The van der Waals surface area contributed by atoms with Crippen molar-refractivity contribution in [2.24, 2.45) is 0 Å². The number of nitrogens with zero attached hydrogens (tertiary/aromatic N) is 4. The van der Waals surface area contributed by atoms with Gasteiger partial charge < -0.3 is 15.0 Å². The fourth-order valence-corrected chi connectivity index (χ4v) is 3.64. The fraction of sp³-hybridized carbons (Fsp3) is 0.455. The van der Waals surface area contributed by atoms with Crippen LogP contribution in [0.2, 0.25) is 0 Å². The summed E-state index contributed by atoms with van der Waals surface area (Å²) < 4.78 is 8.40. The molecule has 3 aromatic rings. The van der Waals surface area contributed by atoms with Crippen LogP contribution in [-0.2, 0) is 6.54 Å². The molecule has 0 unspecified atom stereocenters. The fourth-order valence-electron chi connectivity index (χ4n) is 3.64. The minimum Gasteiger partial charge on any atom is -0.473 e. The highest BCUT2D eigenvalue weighted by Gasteiger charge is 2.20. The van der Waals surface area contributed by atoms with E-state index in [1.807, 2.05) is 30.6 Å². The molecule has 0 spiro atoms. The zero-order valence-electron chi connectivity index (χ0n) is 16.9. The molecule has 2 aromatic heterocycles. The first-order valence-electron chi connectivity index (χ1n) is 10.1. The van der Waals surface area contributed by atoms with Crippen LogP contribution in [0.4, 0.5) is 5.82 Å². The molecule has 1 aliphatic heterocycles. The maximum atomic E-state index is 6.28. The average Bonchev–Trinajstić information content (AvgIpc) is 3.13. The first-order chi connectivity index (χ1) is 13.6. The van der Waals surface area contributed by atoms with E-state index in [0.717, 1.165) is 43.1 Å². The van der Waals surface area contributed by atoms with Crippen molar-refractivity contribution in [2.45, 2.75) is 45.3 Å². The first-order valence-corrected chi connectivity index (χ1v) is 10.1. The molecule has 0 aliphatic carbocycles. The lowest BCUT2D eigenvalue weighted by molar-refractivity contribution is 0.109. The van der Waals surface area contributed by atoms with Crippen LogP contribution in [0.1, 0.15) is 43.9 Å². The summed E-state index contributed by atoms with van der Waals surface area (Å²) in [5.41, 5.74) is 3.21. The quantitative estimate of drug-likeness (QED) is 0.703. The molecular weight excluding hydrogens is 350 g/mol. The van der Waals surface area contributed by atoms with Crippen molar-refractivity contribution in [3.8, 4) is 5.88 Å². The zero-order chi connectivity index (χ0) is 19.5. The van der Waals surface area contributed by atoms with E-state index in [0.29, 0.717) is 18.3 Å². The van der Waals surface area contributed by atoms with Crippen LogP contribution < -0.4 is 10.1 Å². The number of fused-ring (bicyclic) bond motifs is 1. The third-order valence-electron chi connectivity index (χ3n) is 5.35. The van der Waals surface area contributed by atoms with E-state index in [9.17, 15) is 0 Å². The number of piperidine rings is 1. The van der Waals surface area contributed by atoms with E-state index in [1.165, 1.54) is 5.56 Å². The van der Waals surface area contributed by atoms with Gasteiger partial charge in [-0.15, -0.1) is 0 Å². The van der Waals surface area contributed by atoms with E-state index >= 15 is 0 Å². The summed E-state index contributed by atoms with van der Waals surface area (Å²) in [5, 5.41) is 3.46. The van der Waals surface area contributed by atoms with E-state index in [4.69, 9.17) is 9.72 Å². The normalized spacial score (nSPS) is 16.0. The Morgan fingerprint density at radius 2 is 1.93 bits per heavy atom. The summed E-state index contributed by atoms with van der Waals surface area (Å²) in [6, 6.07) is 10.3. The van der Waals surface area contributed by atoms with Gasteiger partial charge in [0.2, 0.25) is 5.88 Å². The summed E-state index contributed by atoms with van der Waals surface area (Å²) in [7, 11) is 2.16. The highest BCUT2D eigenvalue weighted by Crippen LogP contribution is 2.26. The Bertz CT molecular complexity index is 913. The Morgan fingerprint density at radius 3 is 2.64 bits per heavy atom. The second kappa shape index (κ2) is 8.19. The van der Waals surface area contributed by atoms with E-state index in [-0.39, 0.29) is 6.10 Å².